The Labute approximate surface area is 73.4 Å². The lowest BCUT2D eigenvalue weighted by Gasteiger charge is -2.27. The van der Waals surface area contributed by atoms with Gasteiger partial charge in [-0.1, -0.05) is 0 Å². The minimum atomic E-state index is -1.21. The van der Waals surface area contributed by atoms with Gasteiger partial charge in [-0.25, -0.2) is 0 Å². The molecule has 1 saturated heterocycles. The molecule has 0 aromatic carbocycles. The maximum atomic E-state index is 11.6. The first-order valence-corrected chi connectivity index (χ1v) is 4.46. The molecule has 1 unspecified atom stereocenters. The summed E-state index contributed by atoms with van der Waals surface area (Å²) in [6, 6.07) is 0.295. The Balaban J connectivity index is 2.64. The Morgan fingerprint density at radius 3 is 2.50 bits per heavy atom. The highest BCUT2D eigenvalue weighted by Gasteiger charge is 2.34. The minimum absolute atomic E-state index is 0.146. The van der Waals surface area contributed by atoms with Gasteiger partial charge in [0.1, 0.15) is 5.60 Å². The average molecular weight is 171 g/mol. The smallest absolute Gasteiger partial charge is 0.254 e. The van der Waals surface area contributed by atoms with Crippen LogP contribution in [0.1, 0.15) is 33.6 Å². The van der Waals surface area contributed by atoms with Gasteiger partial charge >= 0.3 is 0 Å². The Bertz CT molecular complexity index is 183. The van der Waals surface area contributed by atoms with Gasteiger partial charge in [-0.15, -0.1) is 0 Å². The molecular formula is C9H17NO2. The zero-order valence-electron chi connectivity index (χ0n) is 8.00. The van der Waals surface area contributed by atoms with Crippen LogP contribution in [0, 0.1) is 0 Å². The quantitative estimate of drug-likeness (QED) is 0.633. The van der Waals surface area contributed by atoms with Crippen LogP contribution in [-0.4, -0.2) is 34.1 Å². The number of nitrogens with zero attached hydrogens (tertiary/aromatic N) is 1. The van der Waals surface area contributed by atoms with E-state index in [2.05, 4.69) is 0 Å². The molecular weight excluding hydrogens is 154 g/mol. The molecule has 1 fully saturated rings. The van der Waals surface area contributed by atoms with Crippen molar-refractivity contribution >= 4 is 5.91 Å². The van der Waals surface area contributed by atoms with Crippen LogP contribution in [0.5, 0.6) is 0 Å². The van der Waals surface area contributed by atoms with Gasteiger partial charge in [-0.05, 0) is 33.6 Å². The minimum Gasteiger partial charge on any atom is -0.381 e. The fraction of sp³-hybridized carbons (Fsp3) is 0.889. The van der Waals surface area contributed by atoms with Gasteiger partial charge in [0.2, 0.25) is 0 Å². The van der Waals surface area contributed by atoms with E-state index in [1.807, 2.05) is 6.92 Å². The highest BCUT2D eigenvalue weighted by Crippen LogP contribution is 2.20. The standard InChI is InChI=1S/C9H17NO2/c1-7-5-4-6-10(7)8(11)9(2,3)12/h7,12H,4-6H2,1-3H3. The highest BCUT2D eigenvalue weighted by atomic mass is 16.3. The van der Waals surface area contributed by atoms with E-state index >= 15 is 0 Å². The predicted molar refractivity (Wildman–Crippen MR) is 46.7 cm³/mol. The Kier molecular flexibility index (Phi) is 2.42. The third-order valence-electron chi connectivity index (χ3n) is 2.34. The molecule has 1 aliphatic rings. The Morgan fingerprint density at radius 2 is 2.17 bits per heavy atom. The number of carbonyl (C=O) groups excluding carboxylic acids is 1. The average Bonchev–Trinajstić information content (AvgIpc) is 2.31. The molecule has 0 bridgehead atoms. The molecule has 0 radical (unpaired) electrons. The normalized spacial score (nSPS) is 24.7. The van der Waals surface area contributed by atoms with Crippen LogP contribution in [0.3, 0.4) is 0 Å². The van der Waals surface area contributed by atoms with Gasteiger partial charge in [-0.3, -0.25) is 4.79 Å². The SMILES string of the molecule is CC1CCCN1C(=O)C(C)(C)O. The molecule has 0 spiro atoms. The molecule has 1 heterocycles. The van der Waals surface area contributed by atoms with Crippen molar-refractivity contribution in [2.75, 3.05) is 6.54 Å². The van der Waals surface area contributed by atoms with Gasteiger partial charge in [0.25, 0.3) is 5.91 Å². The molecule has 1 aliphatic heterocycles. The van der Waals surface area contributed by atoms with E-state index in [0.29, 0.717) is 6.04 Å². The molecule has 12 heavy (non-hydrogen) atoms. The highest BCUT2D eigenvalue weighted by molar-refractivity contribution is 5.84. The van der Waals surface area contributed by atoms with Crippen molar-refractivity contribution in [2.24, 2.45) is 0 Å². The first-order chi connectivity index (χ1) is 5.43. The number of aliphatic hydroxyl groups is 1. The van der Waals surface area contributed by atoms with E-state index < -0.39 is 5.60 Å². The van der Waals surface area contributed by atoms with Crippen LogP contribution in [0.4, 0.5) is 0 Å². The summed E-state index contributed by atoms with van der Waals surface area (Å²) in [5.74, 6) is -0.146. The topological polar surface area (TPSA) is 40.5 Å². The molecule has 0 aliphatic carbocycles. The first kappa shape index (κ1) is 9.52. The lowest BCUT2D eigenvalue weighted by molar-refractivity contribution is -0.148. The number of amides is 1. The fourth-order valence-electron chi connectivity index (χ4n) is 1.59. The zero-order valence-corrected chi connectivity index (χ0v) is 8.00. The maximum Gasteiger partial charge on any atom is 0.254 e. The largest absolute Gasteiger partial charge is 0.381 e. The number of hydrogen-bond donors (Lipinski definition) is 1. The zero-order chi connectivity index (χ0) is 9.35. The first-order valence-electron chi connectivity index (χ1n) is 4.46. The Morgan fingerprint density at radius 1 is 1.58 bits per heavy atom. The van der Waals surface area contributed by atoms with Crippen LogP contribution in [0.15, 0.2) is 0 Å². The summed E-state index contributed by atoms with van der Waals surface area (Å²) in [6.45, 7) is 5.90. The van der Waals surface area contributed by atoms with Crippen LogP contribution in [0.25, 0.3) is 0 Å². The van der Waals surface area contributed by atoms with Crippen molar-refractivity contribution < 1.29 is 9.90 Å². The molecule has 1 N–H and O–H groups in total. The summed E-state index contributed by atoms with van der Waals surface area (Å²) >= 11 is 0. The second-order valence-corrected chi connectivity index (χ2v) is 4.05. The second kappa shape index (κ2) is 3.05. The molecule has 3 heteroatoms. The van der Waals surface area contributed by atoms with E-state index in [0.717, 1.165) is 19.4 Å². The third-order valence-corrected chi connectivity index (χ3v) is 2.34. The van der Waals surface area contributed by atoms with Crippen molar-refractivity contribution in [1.82, 2.24) is 4.90 Å². The summed E-state index contributed by atoms with van der Waals surface area (Å²) in [6.07, 6.45) is 2.12. The van der Waals surface area contributed by atoms with E-state index in [-0.39, 0.29) is 5.91 Å². The van der Waals surface area contributed by atoms with E-state index in [1.165, 1.54) is 0 Å². The molecule has 0 aromatic rings. The molecule has 0 aromatic heterocycles. The molecule has 3 nitrogen and oxygen atoms in total. The number of hydrogen-bond acceptors (Lipinski definition) is 2. The molecule has 0 saturated carbocycles. The molecule has 1 amide bonds. The van der Waals surface area contributed by atoms with Gasteiger partial charge in [0, 0.05) is 12.6 Å². The van der Waals surface area contributed by atoms with Gasteiger partial charge < -0.3 is 10.0 Å². The Hall–Kier alpha value is -0.570. The predicted octanol–water partition coefficient (Wildman–Crippen LogP) is 0.768. The van der Waals surface area contributed by atoms with Crippen molar-refractivity contribution in [3.63, 3.8) is 0 Å². The van der Waals surface area contributed by atoms with Crippen molar-refractivity contribution in [1.29, 1.82) is 0 Å². The summed E-state index contributed by atoms with van der Waals surface area (Å²) in [5.41, 5.74) is -1.21. The second-order valence-electron chi connectivity index (χ2n) is 4.05. The van der Waals surface area contributed by atoms with Crippen LogP contribution in [0.2, 0.25) is 0 Å². The van der Waals surface area contributed by atoms with Gasteiger partial charge in [-0.2, -0.15) is 0 Å². The summed E-state index contributed by atoms with van der Waals surface area (Å²) in [4.78, 5) is 13.3. The lowest BCUT2D eigenvalue weighted by atomic mass is 10.1. The monoisotopic (exact) mass is 171 g/mol. The van der Waals surface area contributed by atoms with Crippen molar-refractivity contribution in [3.8, 4) is 0 Å². The summed E-state index contributed by atoms with van der Waals surface area (Å²) in [7, 11) is 0. The van der Waals surface area contributed by atoms with Crippen LogP contribution < -0.4 is 0 Å². The lowest BCUT2D eigenvalue weighted by Crippen LogP contribution is -2.46. The summed E-state index contributed by atoms with van der Waals surface area (Å²) in [5, 5.41) is 9.47. The molecule has 1 atom stereocenters. The van der Waals surface area contributed by atoms with Gasteiger partial charge in [0.05, 0.1) is 0 Å². The third kappa shape index (κ3) is 1.78. The van der Waals surface area contributed by atoms with Crippen LogP contribution in [-0.2, 0) is 4.79 Å². The van der Waals surface area contributed by atoms with E-state index in [9.17, 15) is 9.90 Å². The fourth-order valence-corrected chi connectivity index (χ4v) is 1.59. The van der Waals surface area contributed by atoms with Crippen molar-refractivity contribution in [3.05, 3.63) is 0 Å². The van der Waals surface area contributed by atoms with E-state index in [4.69, 9.17) is 0 Å². The van der Waals surface area contributed by atoms with Crippen LogP contribution >= 0.6 is 0 Å². The van der Waals surface area contributed by atoms with Crippen molar-refractivity contribution in [2.45, 2.75) is 45.3 Å². The van der Waals surface area contributed by atoms with E-state index in [1.54, 1.807) is 18.7 Å². The molecule has 1 rings (SSSR count). The maximum absolute atomic E-state index is 11.6. The van der Waals surface area contributed by atoms with Gasteiger partial charge in [0.15, 0.2) is 0 Å². The summed E-state index contributed by atoms with van der Waals surface area (Å²) < 4.78 is 0. The number of carbonyl (C=O) groups is 1. The number of likely N-dealkylation sites (tertiary alicyclic amines) is 1. The molecule has 70 valence electrons. The number of rotatable bonds is 1.